The molecule has 2 aliphatic heterocycles. The molecule has 0 radical (unpaired) electrons. The second kappa shape index (κ2) is 16.1. The van der Waals surface area contributed by atoms with E-state index in [0.29, 0.717) is 67.4 Å². The Morgan fingerprint density at radius 1 is 0.636 bits per heavy atom. The molecule has 17 nitrogen and oxygen atoms in total. The summed E-state index contributed by atoms with van der Waals surface area (Å²) >= 11 is 0. The molecule has 0 unspecified atom stereocenters. The minimum absolute atomic E-state index is 0.00160. The summed E-state index contributed by atoms with van der Waals surface area (Å²) in [6.07, 6.45) is 2.27. The molecule has 8 aromatic rings. The van der Waals surface area contributed by atoms with Gasteiger partial charge in [-0.3, -0.25) is 18.7 Å². The number of halogens is 2. The van der Waals surface area contributed by atoms with Crippen molar-refractivity contribution in [3.05, 3.63) is 146 Å². The van der Waals surface area contributed by atoms with Crippen molar-refractivity contribution < 1.29 is 8.78 Å². The molecule has 66 heavy (non-hydrogen) atoms. The summed E-state index contributed by atoms with van der Waals surface area (Å²) in [7, 11) is 0. The van der Waals surface area contributed by atoms with Crippen molar-refractivity contribution in [3.63, 3.8) is 0 Å². The number of nitrogen functional groups attached to an aromatic ring is 3. The van der Waals surface area contributed by atoms with Crippen molar-refractivity contribution in [1.82, 2.24) is 39.0 Å². The Bertz CT molecular complexity index is 3530. The predicted octanol–water partition coefficient (Wildman–Crippen LogP) is 6.09. The number of anilines is 5. The van der Waals surface area contributed by atoms with Crippen LogP contribution in [0.2, 0.25) is 0 Å². The number of hydrogen-bond donors (Lipinski definition) is 3. The van der Waals surface area contributed by atoms with Gasteiger partial charge in [0, 0.05) is 18.7 Å². The Kier molecular flexibility index (Phi) is 10.0. The second-order valence-corrected chi connectivity index (χ2v) is 16.0. The van der Waals surface area contributed by atoms with Crippen LogP contribution in [0, 0.1) is 41.2 Å². The fraction of sp³-hybridized carbons (Fsp3) is 0.191. The lowest BCUT2D eigenvalue weighted by molar-refractivity contribution is 0.620. The van der Waals surface area contributed by atoms with Crippen molar-refractivity contribution in [3.8, 4) is 34.6 Å². The average Bonchev–Trinajstić information content (AvgIpc) is 4.00. The minimum atomic E-state index is -0.854. The lowest BCUT2D eigenvalue weighted by Crippen LogP contribution is -2.33. The minimum Gasteiger partial charge on any atom is -0.382 e. The third-order valence-corrected chi connectivity index (χ3v) is 12.2. The maximum atomic E-state index is 17.4. The Labute approximate surface area is 373 Å². The van der Waals surface area contributed by atoms with E-state index in [1.54, 1.807) is 72.5 Å². The number of aryl methyl sites for hydroxylation is 1. The molecule has 4 aromatic heterocycles. The Balaban J connectivity index is 1.14. The first-order chi connectivity index (χ1) is 32.0. The van der Waals surface area contributed by atoms with Crippen molar-refractivity contribution in [2.24, 2.45) is 0 Å². The number of nitrogens with two attached hydrogens (primary N) is 3. The number of nitriles is 2. The van der Waals surface area contributed by atoms with E-state index >= 15 is 8.78 Å². The van der Waals surface area contributed by atoms with Crippen LogP contribution in [0.5, 0.6) is 0 Å². The zero-order chi connectivity index (χ0) is 46.0. The molecule has 2 atom stereocenters. The number of benzene rings is 4. The number of rotatable bonds is 7. The van der Waals surface area contributed by atoms with E-state index in [4.69, 9.17) is 27.2 Å². The van der Waals surface area contributed by atoms with Crippen LogP contribution in [-0.4, -0.2) is 52.1 Å². The lowest BCUT2D eigenvalue weighted by Gasteiger charge is -2.28. The molecular weight excluding hydrogens is 845 g/mol. The Morgan fingerprint density at radius 3 is 1.88 bits per heavy atom. The number of nitrogens with zero attached hydrogens (tertiary/aromatic N) is 12. The second-order valence-electron chi connectivity index (χ2n) is 16.0. The van der Waals surface area contributed by atoms with Gasteiger partial charge in [-0.2, -0.15) is 25.5 Å². The largest absolute Gasteiger partial charge is 0.382 e. The van der Waals surface area contributed by atoms with Gasteiger partial charge < -0.3 is 27.0 Å². The summed E-state index contributed by atoms with van der Waals surface area (Å²) in [5, 5.41) is 19.6. The van der Waals surface area contributed by atoms with Gasteiger partial charge in [-0.05, 0) is 86.7 Å². The average molecular weight is 882 g/mol. The highest BCUT2D eigenvalue weighted by molar-refractivity contribution is 5.86. The number of hydrogen-bond acceptors (Lipinski definition) is 15. The van der Waals surface area contributed by atoms with Gasteiger partial charge in [-0.15, -0.1) is 0 Å². The maximum Gasteiger partial charge on any atom is 0.269 e. The first-order valence-electron chi connectivity index (χ1n) is 21.0. The molecular formula is C47H37F2N15O2. The van der Waals surface area contributed by atoms with E-state index in [2.05, 4.69) is 32.1 Å². The van der Waals surface area contributed by atoms with E-state index in [-0.39, 0.29) is 73.5 Å². The molecule has 2 aliphatic rings. The monoisotopic (exact) mass is 881 g/mol. The highest BCUT2D eigenvalue weighted by Gasteiger charge is 2.36. The molecule has 19 heteroatoms. The van der Waals surface area contributed by atoms with Crippen molar-refractivity contribution in [1.29, 1.82) is 10.5 Å². The van der Waals surface area contributed by atoms with E-state index in [1.165, 1.54) is 33.4 Å². The third-order valence-electron chi connectivity index (χ3n) is 12.2. The van der Waals surface area contributed by atoms with Crippen LogP contribution in [0.1, 0.15) is 66.2 Å². The Morgan fingerprint density at radius 2 is 1.21 bits per heavy atom. The number of para-hydroxylation sites is 1. The summed E-state index contributed by atoms with van der Waals surface area (Å²) in [4.78, 5) is 60.0. The van der Waals surface area contributed by atoms with Gasteiger partial charge in [0.1, 0.15) is 63.1 Å². The molecule has 0 amide bonds. The van der Waals surface area contributed by atoms with Gasteiger partial charge in [-0.25, -0.2) is 23.7 Å². The summed E-state index contributed by atoms with van der Waals surface area (Å²) in [5.41, 5.74) is 18.6. The third kappa shape index (κ3) is 6.64. The van der Waals surface area contributed by atoms with Crippen molar-refractivity contribution in [2.75, 3.05) is 40.1 Å². The molecule has 2 fully saturated rings. The standard InChI is InChI=1S/C47H37F2N15O2/c1-24-29(22-50)40(59-46(53)55-24)61-19-7-15-34(61)42-57-33-18-17-28(38(49)37(33)45(66)63(42)26-10-3-2-4-11-26)25-9-5-12-27(21-25)64-43(56-32-14-6-13-31(48)36(32)44(64)65)35-16-8-20-62(35)41-30(23-51)39(52)58-47(54)60-41/h2-6,9-14,17-18,21,34-35H,7-8,15-16,19-20H2,1H3,(H2,53,55,59)(H4,52,54,58,60)/t34-,35-/m0/s1. The van der Waals surface area contributed by atoms with E-state index in [0.717, 1.165) is 0 Å². The summed E-state index contributed by atoms with van der Waals surface area (Å²) < 4.78 is 35.6. The fourth-order valence-corrected chi connectivity index (χ4v) is 9.31. The normalized spacial score (nSPS) is 16.0. The summed E-state index contributed by atoms with van der Waals surface area (Å²) in [5.74, 6) is -0.886. The SMILES string of the molecule is Cc1nc(N)nc(N2CCC[C@H]2c2nc3ccc(-c4cccc(-n5c([C@@H]6CCCN6c6nc(N)nc(N)c6C#N)nc6cccc(F)c6c5=O)c4)c(F)c3c(=O)n2-c2ccccc2)c1C#N. The van der Waals surface area contributed by atoms with Gasteiger partial charge in [0.2, 0.25) is 11.9 Å². The van der Waals surface area contributed by atoms with Gasteiger partial charge in [0.05, 0.1) is 40.2 Å². The Hall–Kier alpha value is -8.84. The van der Waals surface area contributed by atoms with E-state index in [9.17, 15) is 20.1 Å². The molecule has 6 N–H and O–H groups in total. The topological polar surface area (TPSA) is 253 Å². The zero-order valence-electron chi connectivity index (χ0n) is 35.2. The van der Waals surface area contributed by atoms with Crippen LogP contribution in [0.4, 0.5) is 38.1 Å². The molecule has 6 heterocycles. The smallest absolute Gasteiger partial charge is 0.269 e. The van der Waals surface area contributed by atoms with Gasteiger partial charge in [0.25, 0.3) is 11.1 Å². The van der Waals surface area contributed by atoms with Gasteiger partial charge in [-0.1, -0.05) is 36.4 Å². The van der Waals surface area contributed by atoms with Crippen LogP contribution in [0.15, 0.2) is 94.5 Å². The highest BCUT2D eigenvalue weighted by Crippen LogP contribution is 2.40. The van der Waals surface area contributed by atoms with Crippen molar-refractivity contribution in [2.45, 2.75) is 44.7 Å². The molecule has 0 aliphatic carbocycles. The summed E-state index contributed by atoms with van der Waals surface area (Å²) in [6.45, 7) is 2.55. The lowest BCUT2D eigenvalue weighted by atomic mass is 10.0. The number of fused-ring (bicyclic) bond motifs is 2. The summed E-state index contributed by atoms with van der Waals surface area (Å²) in [6, 6.07) is 25.5. The molecule has 2 saturated heterocycles. The zero-order valence-corrected chi connectivity index (χ0v) is 35.2. The van der Waals surface area contributed by atoms with Crippen LogP contribution in [0.25, 0.3) is 44.3 Å². The van der Waals surface area contributed by atoms with Crippen LogP contribution in [-0.2, 0) is 0 Å². The van der Waals surface area contributed by atoms with Gasteiger partial charge in [0.15, 0.2) is 11.6 Å². The van der Waals surface area contributed by atoms with E-state index < -0.39 is 34.8 Å². The number of aromatic nitrogens is 8. The van der Waals surface area contributed by atoms with Crippen molar-refractivity contribution >= 4 is 51.2 Å². The maximum absolute atomic E-state index is 17.4. The molecule has 4 aromatic carbocycles. The quantitative estimate of drug-likeness (QED) is 0.164. The molecule has 0 saturated carbocycles. The molecule has 0 spiro atoms. The first kappa shape index (κ1) is 41.2. The fourth-order valence-electron chi connectivity index (χ4n) is 9.31. The van der Waals surface area contributed by atoms with E-state index in [1.807, 2.05) is 4.90 Å². The molecule has 10 rings (SSSR count). The molecule has 0 bridgehead atoms. The van der Waals surface area contributed by atoms with Gasteiger partial charge >= 0.3 is 0 Å². The highest BCUT2D eigenvalue weighted by atomic mass is 19.1. The predicted molar refractivity (Wildman–Crippen MR) is 244 cm³/mol. The molecule has 326 valence electrons. The first-order valence-corrected chi connectivity index (χ1v) is 21.0. The van der Waals surface area contributed by atoms with Crippen LogP contribution < -0.4 is 38.1 Å². The van der Waals surface area contributed by atoms with Crippen LogP contribution in [0.3, 0.4) is 0 Å². The van der Waals surface area contributed by atoms with Crippen LogP contribution >= 0.6 is 0 Å².